The number of amides is 2. The lowest BCUT2D eigenvalue weighted by molar-refractivity contribution is -0.117. The second kappa shape index (κ2) is 7.82. The van der Waals surface area contributed by atoms with Gasteiger partial charge >= 0.3 is 0 Å². The number of thiazole rings is 1. The molecule has 7 nitrogen and oxygen atoms in total. The first kappa shape index (κ1) is 18.2. The summed E-state index contributed by atoms with van der Waals surface area (Å²) in [6, 6.07) is 3.39. The highest BCUT2D eigenvalue weighted by molar-refractivity contribution is 7.15. The second-order valence-electron chi connectivity index (χ2n) is 7.33. The van der Waals surface area contributed by atoms with E-state index in [9.17, 15) is 9.59 Å². The van der Waals surface area contributed by atoms with E-state index in [-0.39, 0.29) is 11.8 Å². The van der Waals surface area contributed by atoms with E-state index in [1.165, 1.54) is 17.6 Å². The maximum atomic E-state index is 12.4. The Kier molecular flexibility index (Phi) is 5.27. The van der Waals surface area contributed by atoms with Crippen LogP contribution in [0, 0.1) is 5.92 Å². The van der Waals surface area contributed by atoms with Gasteiger partial charge in [0, 0.05) is 31.1 Å². The van der Waals surface area contributed by atoms with E-state index in [0.717, 1.165) is 18.5 Å². The van der Waals surface area contributed by atoms with Crippen molar-refractivity contribution in [2.24, 2.45) is 5.92 Å². The van der Waals surface area contributed by atoms with Gasteiger partial charge in [0.15, 0.2) is 10.9 Å². The molecule has 0 bridgehead atoms. The van der Waals surface area contributed by atoms with Crippen molar-refractivity contribution >= 4 is 28.3 Å². The molecule has 1 fully saturated rings. The van der Waals surface area contributed by atoms with Crippen LogP contribution in [0.15, 0.2) is 22.8 Å². The summed E-state index contributed by atoms with van der Waals surface area (Å²) in [5.74, 6) is 0.927. The number of hydrogen-bond acceptors (Lipinski definition) is 6. The number of hydrogen-bond donors (Lipinski definition) is 1. The molecule has 8 heteroatoms. The van der Waals surface area contributed by atoms with Crippen molar-refractivity contribution in [3.8, 4) is 0 Å². The molecule has 1 atom stereocenters. The Bertz CT molecular complexity index is 809. The van der Waals surface area contributed by atoms with Crippen LogP contribution in [-0.2, 0) is 17.6 Å². The largest absolute Gasteiger partial charge is 0.459 e. The number of fused-ring (bicyclic) bond motifs is 1. The number of furan rings is 1. The third-order valence-electron chi connectivity index (χ3n) is 5.19. The van der Waals surface area contributed by atoms with Gasteiger partial charge in [-0.2, -0.15) is 0 Å². The topological polar surface area (TPSA) is 78.7 Å². The van der Waals surface area contributed by atoms with Gasteiger partial charge in [-0.25, -0.2) is 4.98 Å². The van der Waals surface area contributed by atoms with E-state index in [1.54, 1.807) is 28.4 Å². The predicted molar refractivity (Wildman–Crippen MR) is 103 cm³/mol. The van der Waals surface area contributed by atoms with Gasteiger partial charge in [-0.05, 0) is 37.3 Å². The molecular formula is C19H24N4O3S. The monoisotopic (exact) mass is 388 g/mol. The molecule has 2 amide bonds. The molecule has 1 aliphatic carbocycles. The van der Waals surface area contributed by atoms with Crippen LogP contribution in [0.1, 0.15) is 34.5 Å². The molecule has 1 saturated heterocycles. The number of piperazine rings is 1. The molecule has 0 aromatic carbocycles. The molecule has 0 saturated carbocycles. The molecular weight excluding hydrogens is 364 g/mol. The van der Waals surface area contributed by atoms with Crippen LogP contribution >= 0.6 is 11.3 Å². The van der Waals surface area contributed by atoms with E-state index >= 15 is 0 Å². The Hall–Kier alpha value is -2.19. The first-order valence-corrected chi connectivity index (χ1v) is 10.2. The highest BCUT2D eigenvalue weighted by Gasteiger charge is 2.25. The first-order valence-electron chi connectivity index (χ1n) is 9.42. The predicted octanol–water partition coefficient (Wildman–Crippen LogP) is 2.26. The van der Waals surface area contributed by atoms with Crippen molar-refractivity contribution < 1.29 is 14.0 Å². The molecule has 3 heterocycles. The van der Waals surface area contributed by atoms with Crippen molar-refractivity contribution in [2.45, 2.75) is 26.2 Å². The molecule has 2 aromatic rings. The Morgan fingerprint density at radius 1 is 1.33 bits per heavy atom. The van der Waals surface area contributed by atoms with Crippen molar-refractivity contribution in [1.29, 1.82) is 0 Å². The van der Waals surface area contributed by atoms with Gasteiger partial charge in [-0.1, -0.05) is 6.92 Å². The SMILES string of the molecule is C[C@H]1CCc2nc(NC(=O)CN3CCN(C(=O)c4ccco4)CC3)sc2C1. The normalized spacial score (nSPS) is 20.3. The van der Waals surface area contributed by atoms with Gasteiger partial charge in [0.2, 0.25) is 5.91 Å². The second-order valence-corrected chi connectivity index (χ2v) is 8.41. The average molecular weight is 388 g/mol. The third kappa shape index (κ3) is 4.22. The summed E-state index contributed by atoms with van der Waals surface area (Å²) >= 11 is 1.61. The summed E-state index contributed by atoms with van der Waals surface area (Å²) in [6.07, 6.45) is 4.75. The molecule has 144 valence electrons. The number of aromatic nitrogens is 1. The van der Waals surface area contributed by atoms with Crippen LogP contribution in [0.25, 0.3) is 0 Å². The van der Waals surface area contributed by atoms with E-state index in [1.807, 2.05) is 0 Å². The Morgan fingerprint density at radius 3 is 2.89 bits per heavy atom. The van der Waals surface area contributed by atoms with E-state index in [4.69, 9.17) is 4.42 Å². The lowest BCUT2D eigenvalue weighted by Crippen LogP contribution is -2.50. The Morgan fingerprint density at radius 2 is 2.15 bits per heavy atom. The van der Waals surface area contributed by atoms with Gasteiger partial charge < -0.3 is 14.6 Å². The van der Waals surface area contributed by atoms with Crippen LogP contribution in [0.4, 0.5) is 5.13 Å². The molecule has 0 radical (unpaired) electrons. The number of anilines is 1. The smallest absolute Gasteiger partial charge is 0.289 e. The van der Waals surface area contributed by atoms with Crippen LogP contribution < -0.4 is 5.32 Å². The van der Waals surface area contributed by atoms with E-state index in [2.05, 4.69) is 22.1 Å². The van der Waals surface area contributed by atoms with E-state index in [0.29, 0.717) is 49.5 Å². The fourth-order valence-electron chi connectivity index (χ4n) is 3.62. The molecule has 1 aliphatic heterocycles. The fraction of sp³-hybridized carbons (Fsp3) is 0.526. The number of nitrogens with zero attached hydrogens (tertiary/aromatic N) is 3. The Labute approximate surface area is 162 Å². The van der Waals surface area contributed by atoms with Crippen molar-refractivity contribution in [1.82, 2.24) is 14.8 Å². The number of nitrogens with one attached hydrogen (secondary N) is 1. The standard InChI is InChI=1S/C19H24N4O3S/c1-13-4-5-14-16(11-13)27-19(20-14)21-17(24)12-22-6-8-23(9-7-22)18(25)15-3-2-10-26-15/h2-3,10,13H,4-9,11-12H2,1H3,(H,20,21,24)/t13-/m0/s1. The van der Waals surface area contributed by atoms with Crippen molar-refractivity contribution in [3.63, 3.8) is 0 Å². The zero-order valence-electron chi connectivity index (χ0n) is 15.4. The van der Waals surface area contributed by atoms with Crippen LogP contribution in [-0.4, -0.2) is 59.3 Å². The fourth-order valence-corrected chi connectivity index (χ4v) is 4.81. The number of carbonyl (C=O) groups is 2. The van der Waals surface area contributed by atoms with Gasteiger partial charge in [-0.15, -0.1) is 11.3 Å². The lowest BCUT2D eigenvalue weighted by Gasteiger charge is -2.33. The molecule has 0 unspecified atom stereocenters. The maximum Gasteiger partial charge on any atom is 0.289 e. The summed E-state index contributed by atoms with van der Waals surface area (Å²) in [6.45, 7) is 5.12. The number of rotatable bonds is 4. The van der Waals surface area contributed by atoms with Gasteiger partial charge in [-0.3, -0.25) is 14.5 Å². The highest BCUT2D eigenvalue weighted by Crippen LogP contribution is 2.32. The minimum atomic E-state index is -0.0910. The average Bonchev–Trinajstić information content (AvgIpc) is 3.30. The summed E-state index contributed by atoms with van der Waals surface area (Å²) < 4.78 is 5.17. The van der Waals surface area contributed by atoms with Crippen LogP contribution in [0.2, 0.25) is 0 Å². The zero-order valence-corrected chi connectivity index (χ0v) is 16.3. The minimum absolute atomic E-state index is 0.0417. The summed E-state index contributed by atoms with van der Waals surface area (Å²) in [4.78, 5) is 34.4. The molecule has 27 heavy (non-hydrogen) atoms. The summed E-state index contributed by atoms with van der Waals surface area (Å²) in [5, 5.41) is 3.66. The first-order chi connectivity index (χ1) is 13.1. The molecule has 2 aromatic heterocycles. The van der Waals surface area contributed by atoms with Gasteiger partial charge in [0.1, 0.15) is 0 Å². The number of carbonyl (C=O) groups excluding carboxylic acids is 2. The van der Waals surface area contributed by atoms with Crippen LogP contribution in [0.3, 0.4) is 0 Å². The zero-order chi connectivity index (χ0) is 18.8. The molecule has 0 spiro atoms. The summed E-state index contributed by atoms with van der Waals surface area (Å²) in [7, 11) is 0. The lowest BCUT2D eigenvalue weighted by atomic mass is 9.93. The summed E-state index contributed by atoms with van der Waals surface area (Å²) in [5.41, 5.74) is 1.15. The quantitative estimate of drug-likeness (QED) is 0.869. The van der Waals surface area contributed by atoms with Crippen molar-refractivity contribution in [2.75, 3.05) is 38.0 Å². The van der Waals surface area contributed by atoms with Crippen LogP contribution in [0.5, 0.6) is 0 Å². The maximum absolute atomic E-state index is 12.4. The third-order valence-corrected chi connectivity index (χ3v) is 6.23. The molecule has 2 aliphatic rings. The van der Waals surface area contributed by atoms with Gasteiger partial charge in [0.05, 0.1) is 18.5 Å². The minimum Gasteiger partial charge on any atom is -0.459 e. The molecule has 4 rings (SSSR count). The molecule has 1 N–H and O–H groups in total. The number of aryl methyl sites for hydroxylation is 1. The van der Waals surface area contributed by atoms with Gasteiger partial charge in [0.25, 0.3) is 5.91 Å². The van der Waals surface area contributed by atoms with Crippen molar-refractivity contribution in [3.05, 3.63) is 34.7 Å². The highest BCUT2D eigenvalue weighted by atomic mass is 32.1. The van der Waals surface area contributed by atoms with E-state index < -0.39 is 0 Å². The Balaban J connectivity index is 1.26.